The Labute approximate surface area is 125 Å². The molecule has 2 heterocycles. The topological polar surface area (TPSA) is 49.4 Å². The van der Waals surface area contributed by atoms with E-state index in [2.05, 4.69) is 5.32 Å². The number of nitrogens with zero attached hydrogens (tertiary/aromatic N) is 1. The second-order valence-corrected chi connectivity index (χ2v) is 7.94. The van der Waals surface area contributed by atoms with E-state index in [0.29, 0.717) is 40.5 Å². The molecule has 4 nitrogen and oxygen atoms in total. The van der Waals surface area contributed by atoms with Gasteiger partial charge in [0.15, 0.2) is 0 Å². The Morgan fingerprint density at radius 1 is 1.35 bits per heavy atom. The van der Waals surface area contributed by atoms with Crippen molar-refractivity contribution >= 4 is 21.6 Å². The first kappa shape index (κ1) is 14.3. The van der Waals surface area contributed by atoms with E-state index in [1.165, 1.54) is 0 Å². The van der Waals surface area contributed by atoms with Crippen molar-refractivity contribution in [2.24, 2.45) is 5.92 Å². The Morgan fingerprint density at radius 2 is 2.15 bits per heavy atom. The lowest BCUT2D eigenvalue weighted by Crippen LogP contribution is -2.46. The van der Waals surface area contributed by atoms with Gasteiger partial charge in [-0.25, -0.2) is 8.42 Å². The van der Waals surface area contributed by atoms with Crippen LogP contribution in [0.1, 0.15) is 18.4 Å². The number of benzene rings is 1. The zero-order valence-electron chi connectivity index (χ0n) is 11.5. The zero-order chi connectivity index (χ0) is 14.3. The molecule has 2 aliphatic rings. The van der Waals surface area contributed by atoms with Gasteiger partial charge in [-0.3, -0.25) is 0 Å². The van der Waals surface area contributed by atoms with Crippen molar-refractivity contribution in [3.8, 4) is 0 Å². The van der Waals surface area contributed by atoms with Crippen LogP contribution < -0.4 is 5.32 Å². The summed E-state index contributed by atoms with van der Waals surface area (Å²) >= 11 is 6.05. The molecule has 0 radical (unpaired) electrons. The van der Waals surface area contributed by atoms with Gasteiger partial charge in [0, 0.05) is 24.2 Å². The predicted octanol–water partition coefficient (Wildman–Crippen LogP) is 2.02. The van der Waals surface area contributed by atoms with Gasteiger partial charge in [-0.15, -0.1) is 0 Å². The molecular weight excluding hydrogens is 296 g/mol. The van der Waals surface area contributed by atoms with Crippen molar-refractivity contribution in [1.29, 1.82) is 0 Å². The number of halogens is 1. The number of hydrogen-bond donors (Lipinski definition) is 1. The highest BCUT2D eigenvalue weighted by molar-refractivity contribution is 7.89. The van der Waals surface area contributed by atoms with E-state index in [-0.39, 0.29) is 0 Å². The second kappa shape index (κ2) is 5.30. The average molecular weight is 315 g/mol. The van der Waals surface area contributed by atoms with E-state index in [1.807, 2.05) is 0 Å². The van der Waals surface area contributed by atoms with E-state index in [9.17, 15) is 8.42 Å². The standard InChI is InChI=1S/C14H19ClN2O2S/c1-10-12(15)3-2-4-14(10)20(18,19)17-8-6-13-11(9-17)5-7-16-13/h2-4,11,13,16H,5-9H2,1H3. The van der Waals surface area contributed by atoms with Crippen molar-refractivity contribution in [2.75, 3.05) is 19.6 Å². The molecule has 2 unspecified atom stereocenters. The molecule has 2 saturated heterocycles. The highest BCUT2D eigenvalue weighted by Gasteiger charge is 2.38. The van der Waals surface area contributed by atoms with Gasteiger partial charge in [0.1, 0.15) is 0 Å². The second-order valence-electron chi connectivity index (χ2n) is 5.62. The van der Waals surface area contributed by atoms with Gasteiger partial charge in [-0.05, 0) is 49.9 Å². The molecule has 0 bridgehead atoms. The number of fused-ring (bicyclic) bond motifs is 1. The van der Waals surface area contributed by atoms with Crippen LogP contribution in [0.4, 0.5) is 0 Å². The molecule has 0 spiro atoms. The molecule has 1 N–H and O–H groups in total. The molecular formula is C14H19ClN2O2S. The van der Waals surface area contributed by atoms with Crippen molar-refractivity contribution in [3.63, 3.8) is 0 Å². The number of rotatable bonds is 2. The van der Waals surface area contributed by atoms with Gasteiger partial charge < -0.3 is 5.32 Å². The maximum atomic E-state index is 12.8. The Bertz CT molecular complexity index is 618. The highest BCUT2D eigenvalue weighted by atomic mass is 35.5. The first-order valence-electron chi connectivity index (χ1n) is 6.99. The van der Waals surface area contributed by atoms with Gasteiger partial charge in [0.25, 0.3) is 0 Å². The summed E-state index contributed by atoms with van der Waals surface area (Å²) in [4.78, 5) is 0.342. The van der Waals surface area contributed by atoms with Gasteiger partial charge >= 0.3 is 0 Å². The molecule has 6 heteroatoms. The average Bonchev–Trinajstić information content (AvgIpc) is 2.89. The number of nitrogens with one attached hydrogen (secondary N) is 1. The van der Waals surface area contributed by atoms with E-state index in [1.54, 1.807) is 29.4 Å². The summed E-state index contributed by atoms with van der Waals surface area (Å²) in [5, 5.41) is 3.95. The summed E-state index contributed by atoms with van der Waals surface area (Å²) in [5.41, 5.74) is 0.640. The minimum atomic E-state index is -3.43. The molecule has 1 aromatic carbocycles. The van der Waals surface area contributed by atoms with E-state index < -0.39 is 10.0 Å². The third-order valence-corrected chi connectivity index (χ3v) is 6.87. The van der Waals surface area contributed by atoms with Gasteiger partial charge in [-0.2, -0.15) is 4.31 Å². The van der Waals surface area contributed by atoms with Gasteiger partial charge in [-0.1, -0.05) is 17.7 Å². The fraction of sp³-hybridized carbons (Fsp3) is 0.571. The highest BCUT2D eigenvalue weighted by Crippen LogP contribution is 2.31. The number of piperidine rings is 1. The summed E-state index contributed by atoms with van der Waals surface area (Å²) in [5.74, 6) is 0.443. The van der Waals surface area contributed by atoms with Crippen LogP contribution in [0.2, 0.25) is 5.02 Å². The van der Waals surface area contributed by atoms with Crippen LogP contribution >= 0.6 is 11.6 Å². The fourth-order valence-electron chi connectivity index (χ4n) is 3.24. The molecule has 110 valence electrons. The molecule has 3 rings (SSSR count). The normalized spacial score (nSPS) is 27.5. The van der Waals surface area contributed by atoms with Gasteiger partial charge in [0.2, 0.25) is 10.0 Å². The van der Waals surface area contributed by atoms with Crippen LogP contribution in [0, 0.1) is 12.8 Å². The Balaban J connectivity index is 1.90. The maximum Gasteiger partial charge on any atom is 0.243 e. The lowest BCUT2D eigenvalue weighted by Gasteiger charge is -2.34. The van der Waals surface area contributed by atoms with Crippen molar-refractivity contribution in [2.45, 2.75) is 30.7 Å². The van der Waals surface area contributed by atoms with Crippen LogP contribution in [-0.4, -0.2) is 38.4 Å². The van der Waals surface area contributed by atoms with Crippen LogP contribution in [0.5, 0.6) is 0 Å². The van der Waals surface area contributed by atoms with Crippen molar-refractivity contribution in [3.05, 3.63) is 28.8 Å². The molecule has 2 aliphatic heterocycles. The fourth-order valence-corrected chi connectivity index (χ4v) is 5.23. The Hall–Kier alpha value is -0.620. The molecule has 2 fully saturated rings. The molecule has 0 aliphatic carbocycles. The molecule has 0 amide bonds. The smallest absolute Gasteiger partial charge is 0.243 e. The molecule has 2 atom stereocenters. The summed E-state index contributed by atoms with van der Waals surface area (Å²) in [6, 6.07) is 5.56. The minimum Gasteiger partial charge on any atom is -0.314 e. The molecule has 1 aromatic rings. The zero-order valence-corrected chi connectivity index (χ0v) is 13.0. The van der Waals surface area contributed by atoms with Crippen LogP contribution in [0.25, 0.3) is 0 Å². The maximum absolute atomic E-state index is 12.8. The summed E-state index contributed by atoms with van der Waals surface area (Å²) < 4.78 is 27.2. The Kier molecular flexibility index (Phi) is 3.79. The molecule has 20 heavy (non-hydrogen) atoms. The van der Waals surface area contributed by atoms with Gasteiger partial charge in [0.05, 0.1) is 4.90 Å². The quantitative estimate of drug-likeness (QED) is 0.908. The first-order valence-corrected chi connectivity index (χ1v) is 8.80. The molecule has 0 aromatic heterocycles. The largest absolute Gasteiger partial charge is 0.314 e. The monoisotopic (exact) mass is 314 g/mol. The van der Waals surface area contributed by atoms with E-state index >= 15 is 0 Å². The third-order valence-electron chi connectivity index (χ3n) is 4.45. The van der Waals surface area contributed by atoms with Crippen molar-refractivity contribution < 1.29 is 8.42 Å². The third kappa shape index (κ3) is 2.37. The first-order chi connectivity index (χ1) is 9.50. The van der Waals surface area contributed by atoms with Crippen molar-refractivity contribution in [1.82, 2.24) is 9.62 Å². The number of sulfonamides is 1. The summed E-state index contributed by atoms with van der Waals surface area (Å²) in [7, 11) is -3.43. The Morgan fingerprint density at radius 3 is 2.95 bits per heavy atom. The molecule has 0 saturated carbocycles. The van der Waals surface area contributed by atoms with Crippen LogP contribution in [0.3, 0.4) is 0 Å². The van der Waals surface area contributed by atoms with Crippen LogP contribution in [-0.2, 0) is 10.0 Å². The summed E-state index contributed by atoms with van der Waals surface area (Å²) in [6.45, 7) is 3.97. The lowest BCUT2D eigenvalue weighted by molar-refractivity contribution is 0.247. The van der Waals surface area contributed by atoms with E-state index in [4.69, 9.17) is 11.6 Å². The number of hydrogen-bond acceptors (Lipinski definition) is 3. The van der Waals surface area contributed by atoms with E-state index in [0.717, 1.165) is 19.4 Å². The minimum absolute atomic E-state index is 0.342. The SMILES string of the molecule is Cc1c(Cl)cccc1S(=O)(=O)N1CCC2NCCC2C1. The van der Waals surface area contributed by atoms with Crippen LogP contribution in [0.15, 0.2) is 23.1 Å². The summed E-state index contributed by atoms with van der Waals surface area (Å²) in [6.07, 6.45) is 1.95. The lowest BCUT2D eigenvalue weighted by atomic mass is 9.95. The predicted molar refractivity (Wildman–Crippen MR) is 79.5 cm³/mol.